The van der Waals surface area contributed by atoms with Crippen molar-refractivity contribution in [2.45, 2.75) is 108 Å². The molecule has 15 nitrogen and oxygen atoms in total. The third kappa shape index (κ3) is 9.29. The molecule has 15 heteroatoms. The number of cyclic esters (lactones) is 1. The number of nitrogens with zero attached hydrogens (tertiary/aromatic N) is 4. The summed E-state index contributed by atoms with van der Waals surface area (Å²) in [6, 6.07) is 0.495. The molecule has 308 valence electrons. The van der Waals surface area contributed by atoms with Crippen LogP contribution < -0.4 is 26.2 Å². The predicted octanol–water partition coefficient (Wildman–Crippen LogP) is 2.32. The van der Waals surface area contributed by atoms with E-state index in [1.54, 1.807) is 11.8 Å². The van der Waals surface area contributed by atoms with Crippen LogP contribution in [0.4, 0.5) is 16.2 Å². The van der Waals surface area contributed by atoms with Crippen molar-refractivity contribution >= 4 is 47.0 Å². The number of fused-ring (bicyclic) bond motifs is 4. The number of esters is 1. The van der Waals surface area contributed by atoms with Gasteiger partial charge in [0.15, 0.2) is 0 Å². The molecule has 57 heavy (non-hydrogen) atoms. The minimum absolute atomic E-state index is 0.00705. The smallest absolute Gasteiger partial charge is 0.328 e. The molecule has 6 aliphatic rings. The second kappa shape index (κ2) is 17.7. The SMILES string of the molecule is C[C@H]1C[C@H]2C(=O)OC[C@H](NC(=O)[C@H](CC3C=CC=CC3)NC(=O)Nc3ccc4c(c3)CCN4C)C(=O)N3CCC[C@H]3CN3CCCC[C@H]3C(=O)N[C@@H](C)C(=O)N2C1. The molecule has 1 aliphatic carbocycles. The fourth-order valence-corrected chi connectivity index (χ4v) is 9.45. The Morgan fingerprint density at radius 1 is 0.947 bits per heavy atom. The van der Waals surface area contributed by atoms with Crippen molar-refractivity contribution in [3.05, 3.63) is 48.1 Å². The third-order valence-electron chi connectivity index (χ3n) is 12.5. The third-order valence-corrected chi connectivity index (χ3v) is 12.5. The van der Waals surface area contributed by atoms with E-state index in [2.05, 4.69) is 31.1 Å². The number of ether oxygens (including phenoxy) is 1. The van der Waals surface area contributed by atoms with E-state index in [4.69, 9.17) is 4.74 Å². The van der Waals surface area contributed by atoms with Gasteiger partial charge in [-0.2, -0.15) is 0 Å². The van der Waals surface area contributed by atoms with E-state index in [0.717, 1.165) is 43.5 Å². The summed E-state index contributed by atoms with van der Waals surface area (Å²) in [6.45, 7) is 5.98. The van der Waals surface area contributed by atoms with Crippen molar-refractivity contribution < 1.29 is 33.5 Å². The number of allylic oxidation sites excluding steroid dienone is 4. The maximum atomic E-state index is 14.6. The fourth-order valence-electron chi connectivity index (χ4n) is 9.45. The van der Waals surface area contributed by atoms with Crippen molar-refractivity contribution in [2.75, 3.05) is 56.6 Å². The number of nitrogens with one attached hydrogen (secondary N) is 4. The highest BCUT2D eigenvalue weighted by molar-refractivity contribution is 5.96. The van der Waals surface area contributed by atoms with Gasteiger partial charge >= 0.3 is 12.0 Å². The molecule has 5 heterocycles. The molecule has 1 aromatic rings. The lowest BCUT2D eigenvalue weighted by molar-refractivity contribution is -0.156. The molecule has 4 saturated heterocycles. The first-order valence-electron chi connectivity index (χ1n) is 20.8. The van der Waals surface area contributed by atoms with Crippen LogP contribution in [0.3, 0.4) is 0 Å². The minimum Gasteiger partial charge on any atom is -0.461 e. The molecule has 1 unspecified atom stereocenters. The average molecular weight is 787 g/mol. The first kappa shape index (κ1) is 40.3. The number of carbonyl (C=O) groups is 6. The highest BCUT2D eigenvalue weighted by atomic mass is 16.5. The number of likely N-dealkylation sites (N-methyl/N-ethyl adjacent to an activating group) is 1. The van der Waals surface area contributed by atoms with E-state index in [0.29, 0.717) is 57.5 Å². The molecule has 5 aliphatic heterocycles. The molecule has 0 aromatic heterocycles. The average Bonchev–Trinajstić information content (AvgIpc) is 3.93. The molecule has 4 N–H and O–H groups in total. The van der Waals surface area contributed by atoms with E-state index < -0.39 is 60.6 Å². The standard InChI is InChI=1S/C42H58N8O7/c1-26-20-36-41(55)57-25-33(40(54)49-18-9-12-31(49)24-48-17-8-7-13-35(48)38(52)43-27(2)39(53)50(36)23-26)45-37(51)32(21-28-10-5-4-6-11-28)46-42(56)44-30-14-15-34-29(22-30)16-19-47(34)3/h4-6,10,14-15,22,26-28,31-33,35-36H,7-9,11-13,16-21,23-25H2,1-3H3,(H,43,52)(H,45,51)(H2,44,46,56)/t26-,27-,28?,31-,32-,33-,35-,36-/m0/s1. The summed E-state index contributed by atoms with van der Waals surface area (Å²) in [7, 11) is 2.03. The molecular weight excluding hydrogens is 729 g/mol. The van der Waals surface area contributed by atoms with E-state index in [9.17, 15) is 28.8 Å². The van der Waals surface area contributed by atoms with Gasteiger partial charge in [-0.25, -0.2) is 9.59 Å². The van der Waals surface area contributed by atoms with E-state index >= 15 is 0 Å². The van der Waals surface area contributed by atoms with Crippen LogP contribution in [0, 0.1) is 11.8 Å². The lowest BCUT2D eigenvalue weighted by Gasteiger charge is -2.39. The van der Waals surface area contributed by atoms with Crippen molar-refractivity contribution in [2.24, 2.45) is 11.8 Å². The summed E-state index contributed by atoms with van der Waals surface area (Å²) in [4.78, 5) is 91.2. The zero-order valence-corrected chi connectivity index (χ0v) is 33.4. The lowest BCUT2D eigenvalue weighted by Crippen LogP contribution is -2.60. The molecule has 0 spiro atoms. The number of urea groups is 1. The Balaban J connectivity index is 1.13. The number of anilines is 2. The summed E-state index contributed by atoms with van der Waals surface area (Å²) >= 11 is 0. The van der Waals surface area contributed by atoms with Crippen molar-refractivity contribution in [1.82, 2.24) is 30.7 Å². The Morgan fingerprint density at radius 3 is 2.60 bits per heavy atom. The summed E-state index contributed by atoms with van der Waals surface area (Å²) < 4.78 is 5.85. The van der Waals surface area contributed by atoms with Crippen LogP contribution in [0.25, 0.3) is 0 Å². The number of amides is 6. The zero-order chi connectivity index (χ0) is 40.2. The van der Waals surface area contributed by atoms with Gasteiger partial charge in [-0.3, -0.25) is 24.1 Å². The number of carbonyl (C=O) groups excluding carboxylic acids is 6. The Bertz CT molecular complexity index is 1780. The highest BCUT2D eigenvalue weighted by Gasteiger charge is 2.44. The summed E-state index contributed by atoms with van der Waals surface area (Å²) in [5.74, 6) is -2.26. The van der Waals surface area contributed by atoms with Gasteiger partial charge in [0, 0.05) is 50.6 Å². The Kier molecular flexibility index (Phi) is 12.5. The van der Waals surface area contributed by atoms with Gasteiger partial charge in [0.1, 0.15) is 30.8 Å². The van der Waals surface area contributed by atoms with Gasteiger partial charge in [-0.15, -0.1) is 0 Å². The summed E-state index contributed by atoms with van der Waals surface area (Å²) in [6.07, 6.45) is 13.9. The van der Waals surface area contributed by atoms with Crippen LogP contribution in [0.1, 0.15) is 70.8 Å². The lowest BCUT2D eigenvalue weighted by atomic mass is 9.93. The topological polar surface area (TPSA) is 173 Å². The van der Waals surface area contributed by atoms with Crippen LogP contribution >= 0.6 is 0 Å². The number of rotatable bonds is 6. The second-order valence-corrected chi connectivity index (χ2v) is 16.8. The van der Waals surface area contributed by atoms with E-state index in [-0.39, 0.29) is 36.1 Å². The molecule has 8 atom stereocenters. The molecule has 0 radical (unpaired) electrons. The first-order chi connectivity index (χ1) is 27.4. The van der Waals surface area contributed by atoms with Crippen LogP contribution in [0.15, 0.2) is 42.5 Å². The van der Waals surface area contributed by atoms with Crippen molar-refractivity contribution in [3.63, 3.8) is 0 Å². The minimum atomic E-state index is -1.25. The van der Waals surface area contributed by atoms with Crippen molar-refractivity contribution in [3.8, 4) is 0 Å². The number of hydrogen-bond acceptors (Lipinski definition) is 9. The molecule has 1 aromatic carbocycles. The van der Waals surface area contributed by atoms with E-state index in [1.807, 2.05) is 56.5 Å². The van der Waals surface area contributed by atoms with Gasteiger partial charge in [-0.05, 0) is 100 Å². The Labute approximate surface area is 334 Å². The van der Waals surface area contributed by atoms with Crippen LogP contribution in [-0.2, 0) is 35.1 Å². The van der Waals surface area contributed by atoms with Crippen molar-refractivity contribution in [1.29, 1.82) is 0 Å². The quantitative estimate of drug-likeness (QED) is 0.316. The Morgan fingerprint density at radius 2 is 1.79 bits per heavy atom. The number of hydrogen-bond donors (Lipinski definition) is 4. The maximum absolute atomic E-state index is 14.6. The van der Waals surface area contributed by atoms with Gasteiger partial charge < -0.3 is 40.7 Å². The normalized spacial score (nSPS) is 30.2. The monoisotopic (exact) mass is 786 g/mol. The first-order valence-corrected chi connectivity index (χ1v) is 20.8. The Hall–Kier alpha value is -4.92. The maximum Gasteiger partial charge on any atom is 0.328 e. The predicted molar refractivity (Wildman–Crippen MR) is 214 cm³/mol. The summed E-state index contributed by atoms with van der Waals surface area (Å²) in [5, 5.41) is 11.6. The molecule has 4 fully saturated rings. The van der Waals surface area contributed by atoms with Gasteiger partial charge in [0.2, 0.25) is 23.6 Å². The second-order valence-electron chi connectivity index (χ2n) is 16.8. The molecule has 0 bridgehead atoms. The fraction of sp³-hybridized carbons (Fsp3) is 0.619. The van der Waals surface area contributed by atoms with Gasteiger partial charge in [0.25, 0.3) is 0 Å². The number of benzene rings is 1. The largest absolute Gasteiger partial charge is 0.461 e. The number of piperidine rings is 1. The van der Waals surface area contributed by atoms with E-state index in [1.165, 1.54) is 4.90 Å². The van der Waals surface area contributed by atoms with Crippen LogP contribution in [0.5, 0.6) is 0 Å². The molecular formula is C42H58N8O7. The van der Waals surface area contributed by atoms with Gasteiger partial charge in [0.05, 0.1) is 6.04 Å². The molecule has 0 saturated carbocycles. The summed E-state index contributed by atoms with van der Waals surface area (Å²) in [5.41, 5.74) is 2.86. The van der Waals surface area contributed by atoms with Gasteiger partial charge in [-0.1, -0.05) is 37.6 Å². The van der Waals surface area contributed by atoms with Crippen LogP contribution in [0.2, 0.25) is 0 Å². The molecule has 6 amide bonds. The zero-order valence-electron chi connectivity index (χ0n) is 33.4. The highest BCUT2D eigenvalue weighted by Crippen LogP contribution is 2.30. The molecule has 7 rings (SSSR count). The van der Waals surface area contributed by atoms with Crippen LogP contribution in [-0.4, -0.2) is 133 Å².